The standard InChI is InChI=1S/C13H7ClF3NO3/c14-7-4-5-8(12(19)20)9(6-7)21-11-3-1-2-10(18-11)13(15,16)17/h1-6H,(H,19,20). The molecule has 1 heterocycles. The Balaban J connectivity index is 2.39. The maximum atomic E-state index is 12.5. The van der Waals surface area contributed by atoms with Crippen LogP contribution in [0.15, 0.2) is 36.4 Å². The number of pyridine rings is 1. The molecule has 4 nitrogen and oxygen atoms in total. The second-order valence-electron chi connectivity index (χ2n) is 3.91. The first-order valence-electron chi connectivity index (χ1n) is 5.52. The third-order valence-electron chi connectivity index (χ3n) is 2.40. The van der Waals surface area contributed by atoms with Crippen LogP contribution in [0.3, 0.4) is 0 Å². The van der Waals surface area contributed by atoms with E-state index in [9.17, 15) is 18.0 Å². The first kappa shape index (κ1) is 15.1. The molecule has 0 fully saturated rings. The number of carboxylic acid groups (broad SMARTS) is 1. The number of hydrogen-bond donors (Lipinski definition) is 1. The zero-order chi connectivity index (χ0) is 15.6. The molecule has 0 radical (unpaired) electrons. The van der Waals surface area contributed by atoms with Crippen molar-refractivity contribution in [2.75, 3.05) is 0 Å². The summed E-state index contributed by atoms with van der Waals surface area (Å²) < 4.78 is 42.7. The van der Waals surface area contributed by atoms with Gasteiger partial charge in [0.2, 0.25) is 5.88 Å². The number of rotatable bonds is 3. The van der Waals surface area contributed by atoms with Gasteiger partial charge in [0.05, 0.1) is 0 Å². The van der Waals surface area contributed by atoms with Gasteiger partial charge in [0, 0.05) is 17.2 Å². The highest BCUT2D eigenvalue weighted by molar-refractivity contribution is 6.30. The normalized spacial score (nSPS) is 11.2. The highest BCUT2D eigenvalue weighted by Gasteiger charge is 2.32. The van der Waals surface area contributed by atoms with E-state index < -0.39 is 17.8 Å². The summed E-state index contributed by atoms with van der Waals surface area (Å²) in [5, 5.41) is 9.18. The summed E-state index contributed by atoms with van der Waals surface area (Å²) in [7, 11) is 0. The molecule has 2 aromatic rings. The van der Waals surface area contributed by atoms with Gasteiger partial charge in [0.25, 0.3) is 0 Å². The van der Waals surface area contributed by atoms with E-state index in [2.05, 4.69) is 4.98 Å². The smallest absolute Gasteiger partial charge is 0.433 e. The van der Waals surface area contributed by atoms with Gasteiger partial charge < -0.3 is 9.84 Å². The third-order valence-corrected chi connectivity index (χ3v) is 2.64. The number of ether oxygens (including phenoxy) is 1. The van der Waals surface area contributed by atoms with Crippen LogP contribution in [-0.4, -0.2) is 16.1 Å². The molecule has 1 aromatic carbocycles. The molecular formula is C13H7ClF3NO3. The highest BCUT2D eigenvalue weighted by Crippen LogP contribution is 2.31. The van der Waals surface area contributed by atoms with Crippen LogP contribution in [0.25, 0.3) is 0 Å². The Morgan fingerprint density at radius 1 is 1.24 bits per heavy atom. The largest absolute Gasteiger partial charge is 0.478 e. The molecule has 0 aliphatic rings. The molecule has 110 valence electrons. The number of carbonyl (C=O) groups is 1. The molecule has 0 amide bonds. The maximum absolute atomic E-state index is 12.5. The molecule has 0 saturated carbocycles. The lowest BCUT2D eigenvalue weighted by molar-refractivity contribution is -0.141. The monoisotopic (exact) mass is 317 g/mol. The fraction of sp³-hybridized carbons (Fsp3) is 0.0769. The summed E-state index contributed by atoms with van der Waals surface area (Å²) in [4.78, 5) is 14.3. The number of halogens is 4. The Bertz CT molecular complexity index is 689. The van der Waals surface area contributed by atoms with Crippen molar-refractivity contribution in [3.8, 4) is 11.6 Å². The topological polar surface area (TPSA) is 59.4 Å². The average molecular weight is 318 g/mol. The van der Waals surface area contributed by atoms with Crippen LogP contribution in [0, 0.1) is 0 Å². The quantitative estimate of drug-likeness (QED) is 0.919. The van der Waals surface area contributed by atoms with Gasteiger partial charge in [-0.2, -0.15) is 13.2 Å². The van der Waals surface area contributed by atoms with Crippen molar-refractivity contribution in [3.63, 3.8) is 0 Å². The Morgan fingerprint density at radius 3 is 2.57 bits per heavy atom. The van der Waals surface area contributed by atoms with E-state index in [1.54, 1.807) is 0 Å². The van der Waals surface area contributed by atoms with Gasteiger partial charge in [-0.1, -0.05) is 17.7 Å². The van der Waals surface area contributed by atoms with Gasteiger partial charge in [-0.05, 0) is 18.2 Å². The molecule has 0 spiro atoms. The second kappa shape index (κ2) is 5.61. The highest BCUT2D eigenvalue weighted by atomic mass is 35.5. The van der Waals surface area contributed by atoms with Crippen molar-refractivity contribution < 1.29 is 27.8 Å². The Kier molecular flexibility index (Phi) is 4.04. The van der Waals surface area contributed by atoms with Gasteiger partial charge in [0.15, 0.2) is 0 Å². The van der Waals surface area contributed by atoms with E-state index in [1.807, 2.05) is 0 Å². The summed E-state index contributed by atoms with van der Waals surface area (Å²) in [5.41, 5.74) is -1.38. The lowest BCUT2D eigenvalue weighted by Gasteiger charge is -2.10. The fourth-order valence-electron chi connectivity index (χ4n) is 1.50. The summed E-state index contributed by atoms with van der Waals surface area (Å²) in [6.45, 7) is 0. The number of hydrogen-bond acceptors (Lipinski definition) is 3. The molecule has 0 unspecified atom stereocenters. The first-order valence-corrected chi connectivity index (χ1v) is 5.90. The van der Waals surface area contributed by atoms with Gasteiger partial charge in [-0.25, -0.2) is 9.78 Å². The number of nitrogens with zero attached hydrogens (tertiary/aromatic N) is 1. The Hall–Kier alpha value is -2.28. The van der Waals surface area contributed by atoms with Crippen LogP contribution in [0.5, 0.6) is 11.6 Å². The van der Waals surface area contributed by atoms with E-state index in [0.29, 0.717) is 0 Å². The van der Waals surface area contributed by atoms with E-state index in [4.69, 9.17) is 21.4 Å². The first-order chi connectivity index (χ1) is 9.77. The van der Waals surface area contributed by atoms with Crippen LogP contribution >= 0.6 is 11.6 Å². The zero-order valence-corrected chi connectivity index (χ0v) is 10.9. The number of alkyl halides is 3. The van der Waals surface area contributed by atoms with E-state index >= 15 is 0 Å². The van der Waals surface area contributed by atoms with Crippen LogP contribution in [0.2, 0.25) is 5.02 Å². The molecular weight excluding hydrogens is 311 g/mol. The molecule has 2 rings (SSSR count). The minimum atomic E-state index is -4.62. The lowest BCUT2D eigenvalue weighted by atomic mass is 10.2. The van der Waals surface area contributed by atoms with Crippen LogP contribution < -0.4 is 4.74 Å². The van der Waals surface area contributed by atoms with Crippen molar-refractivity contribution in [1.29, 1.82) is 0 Å². The maximum Gasteiger partial charge on any atom is 0.433 e. The molecule has 1 N–H and O–H groups in total. The lowest BCUT2D eigenvalue weighted by Crippen LogP contribution is -2.08. The second-order valence-corrected chi connectivity index (χ2v) is 4.34. The van der Waals surface area contributed by atoms with Gasteiger partial charge in [0.1, 0.15) is 17.0 Å². The van der Waals surface area contributed by atoms with Crippen molar-refractivity contribution >= 4 is 17.6 Å². The number of carboxylic acids is 1. The Morgan fingerprint density at radius 2 is 1.95 bits per heavy atom. The molecule has 0 aliphatic carbocycles. The third kappa shape index (κ3) is 3.63. The summed E-state index contributed by atoms with van der Waals surface area (Å²) in [6.07, 6.45) is -4.62. The predicted octanol–water partition coefficient (Wildman–Crippen LogP) is 4.24. The molecule has 0 atom stereocenters. The summed E-state index contributed by atoms with van der Waals surface area (Å²) >= 11 is 5.72. The average Bonchev–Trinajstić information content (AvgIpc) is 2.37. The van der Waals surface area contributed by atoms with Gasteiger partial charge in [-0.15, -0.1) is 0 Å². The number of benzene rings is 1. The summed E-state index contributed by atoms with van der Waals surface area (Å²) in [6, 6.07) is 6.78. The molecule has 0 saturated heterocycles. The number of aromatic carboxylic acids is 1. The zero-order valence-electron chi connectivity index (χ0n) is 10.2. The molecule has 1 aromatic heterocycles. The predicted molar refractivity (Wildman–Crippen MR) is 67.7 cm³/mol. The van der Waals surface area contributed by atoms with E-state index in [1.165, 1.54) is 24.3 Å². The van der Waals surface area contributed by atoms with Crippen LogP contribution in [0.4, 0.5) is 13.2 Å². The minimum absolute atomic E-state index is 0.182. The Labute approximate surface area is 121 Å². The van der Waals surface area contributed by atoms with Gasteiger partial charge >= 0.3 is 12.1 Å². The fourth-order valence-corrected chi connectivity index (χ4v) is 1.66. The van der Waals surface area contributed by atoms with Crippen molar-refractivity contribution in [3.05, 3.63) is 52.7 Å². The SMILES string of the molecule is O=C(O)c1ccc(Cl)cc1Oc1cccc(C(F)(F)F)n1. The minimum Gasteiger partial charge on any atom is -0.478 e. The van der Waals surface area contributed by atoms with Gasteiger partial charge in [-0.3, -0.25) is 0 Å². The molecule has 0 aliphatic heterocycles. The van der Waals surface area contributed by atoms with E-state index in [-0.39, 0.29) is 22.2 Å². The van der Waals surface area contributed by atoms with Crippen LogP contribution in [0.1, 0.15) is 16.1 Å². The van der Waals surface area contributed by atoms with Crippen molar-refractivity contribution in [1.82, 2.24) is 4.98 Å². The molecule has 21 heavy (non-hydrogen) atoms. The molecule has 8 heteroatoms. The molecule has 0 bridgehead atoms. The van der Waals surface area contributed by atoms with Crippen molar-refractivity contribution in [2.24, 2.45) is 0 Å². The van der Waals surface area contributed by atoms with E-state index in [0.717, 1.165) is 12.1 Å². The number of aromatic nitrogens is 1. The summed E-state index contributed by atoms with van der Waals surface area (Å²) in [5.74, 6) is -1.87. The van der Waals surface area contributed by atoms with Crippen molar-refractivity contribution in [2.45, 2.75) is 6.18 Å². The van der Waals surface area contributed by atoms with Crippen LogP contribution in [-0.2, 0) is 6.18 Å².